The number of pyridine rings is 1. The summed E-state index contributed by atoms with van der Waals surface area (Å²) in [5.74, 6) is 1.12. The Morgan fingerprint density at radius 1 is 1.62 bits per heavy atom. The van der Waals surface area contributed by atoms with E-state index in [1.165, 1.54) is 7.11 Å². The van der Waals surface area contributed by atoms with Gasteiger partial charge in [0.2, 0.25) is 0 Å². The first-order chi connectivity index (χ1) is 7.70. The maximum atomic E-state index is 5.98. The van der Waals surface area contributed by atoms with Crippen LogP contribution >= 0.6 is 11.6 Å². The van der Waals surface area contributed by atoms with Gasteiger partial charge in [0.1, 0.15) is 11.9 Å². The van der Waals surface area contributed by atoms with Crippen molar-refractivity contribution < 1.29 is 9.47 Å². The Bertz CT molecular complexity index is 381. The van der Waals surface area contributed by atoms with Crippen molar-refractivity contribution in [2.24, 2.45) is 0 Å². The maximum absolute atomic E-state index is 5.98. The van der Waals surface area contributed by atoms with Crippen LogP contribution in [0.5, 0.6) is 11.6 Å². The number of methoxy groups -OCH3 is 1. The van der Waals surface area contributed by atoms with Gasteiger partial charge in [-0.1, -0.05) is 11.6 Å². The number of hydrogen-bond acceptors (Lipinski definition) is 5. The van der Waals surface area contributed by atoms with E-state index in [-0.39, 0.29) is 6.10 Å². The lowest BCUT2D eigenvalue weighted by molar-refractivity contribution is 0.204. The first-order valence-corrected chi connectivity index (χ1v) is 5.46. The molecular formula is C10H14ClN3O2. The molecule has 0 aromatic carbocycles. The number of hydrogen-bond donors (Lipinski definition) is 2. The molecule has 0 unspecified atom stereocenters. The van der Waals surface area contributed by atoms with E-state index in [4.69, 9.17) is 26.8 Å². The first kappa shape index (κ1) is 11.3. The van der Waals surface area contributed by atoms with Gasteiger partial charge in [0.15, 0.2) is 5.75 Å². The average molecular weight is 244 g/mol. The van der Waals surface area contributed by atoms with Crippen LogP contribution in [0.25, 0.3) is 0 Å². The highest BCUT2D eigenvalue weighted by Gasteiger charge is 2.20. The van der Waals surface area contributed by atoms with E-state index in [1.807, 2.05) is 0 Å². The molecular weight excluding hydrogens is 230 g/mol. The lowest BCUT2D eigenvalue weighted by atomic mass is 10.3. The van der Waals surface area contributed by atoms with Gasteiger partial charge in [-0.05, 0) is 13.0 Å². The molecule has 0 bridgehead atoms. The van der Waals surface area contributed by atoms with Gasteiger partial charge >= 0.3 is 0 Å². The predicted octanol–water partition coefficient (Wildman–Crippen LogP) is 1.07. The topological polar surface area (TPSA) is 69.4 Å². The number of nitrogens with one attached hydrogen (secondary N) is 1. The van der Waals surface area contributed by atoms with Crippen LogP contribution in [0.4, 0.5) is 5.82 Å². The number of halogens is 1. The molecule has 1 aromatic heterocycles. The van der Waals surface area contributed by atoms with E-state index in [1.54, 1.807) is 6.07 Å². The minimum absolute atomic E-state index is 0.0965. The van der Waals surface area contributed by atoms with Crippen LogP contribution in [-0.4, -0.2) is 31.3 Å². The van der Waals surface area contributed by atoms with Gasteiger partial charge in [0.25, 0.3) is 5.88 Å². The van der Waals surface area contributed by atoms with E-state index in [0.717, 1.165) is 19.5 Å². The Morgan fingerprint density at radius 3 is 3.06 bits per heavy atom. The third kappa shape index (κ3) is 2.31. The number of ether oxygens (including phenoxy) is 2. The molecule has 2 rings (SSSR count). The van der Waals surface area contributed by atoms with Crippen molar-refractivity contribution in [3.05, 3.63) is 11.1 Å². The van der Waals surface area contributed by atoms with Crippen molar-refractivity contribution in [1.29, 1.82) is 0 Å². The van der Waals surface area contributed by atoms with E-state index < -0.39 is 0 Å². The molecule has 1 aliphatic rings. The molecule has 0 aliphatic carbocycles. The van der Waals surface area contributed by atoms with Crippen molar-refractivity contribution in [3.63, 3.8) is 0 Å². The summed E-state index contributed by atoms with van der Waals surface area (Å²) in [4.78, 5) is 4.09. The normalized spacial score (nSPS) is 19.8. The molecule has 0 radical (unpaired) electrons. The van der Waals surface area contributed by atoms with Crippen molar-refractivity contribution in [1.82, 2.24) is 10.3 Å². The van der Waals surface area contributed by atoms with Gasteiger partial charge in [0, 0.05) is 12.6 Å². The summed E-state index contributed by atoms with van der Waals surface area (Å²) in [6, 6.07) is 1.54. The molecule has 1 atom stereocenters. The Labute approximate surface area is 98.9 Å². The maximum Gasteiger partial charge on any atom is 0.260 e. The van der Waals surface area contributed by atoms with Crippen LogP contribution in [0.2, 0.25) is 5.02 Å². The van der Waals surface area contributed by atoms with E-state index in [2.05, 4.69) is 10.3 Å². The average Bonchev–Trinajstić information content (AvgIpc) is 2.70. The Kier molecular flexibility index (Phi) is 3.36. The van der Waals surface area contributed by atoms with Crippen LogP contribution in [0.1, 0.15) is 6.42 Å². The molecule has 2 heterocycles. The van der Waals surface area contributed by atoms with Gasteiger partial charge < -0.3 is 20.5 Å². The number of nitrogen functional groups attached to an aromatic ring is 1. The summed E-state index contributed by atoms with van der Waals surface area (Å²) in [6.07, 6.45) is 1.04. The summed E-state index contributed by atoms with van der Waals surface area (Å²) in [7, 11) is 1.53. The van der Waals surface area contributed by atoms with Crippen molar-refractivity contribution in [2.45, 2.75) is 12.5 Å². The predicted molar refractivity (Wildman–Crippen MR) is 62.1 cm³/mol. The van der Waals surface area contributed by atoms with E-state index in [9.17, 15) is 0 Å². The smallest absolute Gasteiger partial charge is 0.260 e. The third-order valence-corrected chi connectivity index (χ3v) is 2.69. The van der Waals surface area contributed by atoms with Gasteiger partial charge in [-0.25, -0.2) is 0 Å². The molecule has 88 valence electrons. The van der Waals surface area contributed by atoms with Gasteiger partial charge in [-0.3, -0.25) is 0 Å². The van der Waals surface area contributed by atoms with E-state index in [0.29, 0.717) is 22.5 Å². The molecule has 3 N–H and O–H groups in total. The Hall–Kier alpha value is -1.20. The van der Waals surface area contributed by atoms with Crippen LogP contribution in [0, 0.1) is 0 Å². The molecule has 16 heavy (non-hydrogen) atoms. The summed E-state index contributed by atoms with van der Waals surface area (Å²) >= 11 is 5.98. The molecule has 1 saturated heterocycles. The number of nitrogens with two attached hydrogens (primary N) is 1. The van der Waals surface area contributed by atoms with Crippen molar-refractivity contribution in [3.8, 4) is 11.6 Å². The number of nitrogens with zero attached hydrogens (tertiary/aromatic N) is 1. The Morgan fingerprint density at radius 2 is 2.44 bits per heavy atom. The van der Waals surface area contributed by atoms with Gasteiger partial charge in [0.05, 0.1) is 12.1 Å². The monoisotopic (exact) mass is 243 g/mol. The minimum Gasteiger partial charge on any atom is -0.490 e. The number of aromatic nitrogens is 1. The summed E-state index contributed by atoms with van der Waals surface area (Å²) in [5, 5.41) is 3.61. The van der Waals surface area contributed by atoms with Crippen LogP contribution in [0.3, 0.4) is 0 Å². The zero-order chi connectivity index (χ0) is 11.5. The summed E-state index contributed by atoms with van der Waals surface area (Å²) in [6.45, 7) is 1.75. The number of rotatable bonds is 3. The molecule has 1 aliphatic heterocycles. The zero-order valence-corrected chi connectivity index (χ0v) is 9.75. The van der Waals surface area contributed by atoms with Crippen LogP contribution in [0.15, 0.2) is 6.07 Å². The lowest BCUT2D eigenvalue weighted by Gasteiger charge is -2.15. The highest BCUT2D eigenvalue weighted by atomic mass is 35.5. The molecule has 1 fully saturated rings. The van der Waals surface area contributed by atoms with Crippen molar-refractivity contribution in [2.75, 3.05) is 25.9 Å². The summed E-state index contributed by atoms with van der Waals surface area (Å²) in [5.41, 5.74) is 5.61. The first-order valence-electron chi connectivity index (χ1n) is 5.08. The van der Waals surface area contributed by atoms with Crippen LogP contribution < -0.4 is 20.5 Å². The molecule has 0 amide bonds. The zero-order valence-electron chi connectivity index (χ0n) is 9.00. The standard InChI is InChI=1S/C10H14ClN3O2/c1-15-9-7(11)4-8(12)14-10(9)16-6-2-3-13-5-6/h4,6,13H,2-3,5H2,1H3,(H2,12,14)/t6-/m0/s1. The van der Waals surface area contributed by atoms with Crippen molar-refractivity contribution >= 4 is 17.4 Å². The fraction of sp³-hybridized carbons (Fsp3) is 0.500. The van der Waals surface area contributed by atoms with Gasteiger partial charge in [-0.2, -0.15) is 4.98 Å². The quantitative estimate of drug-likeness (QED) is 0.831. The Balaban J connectivity index is 2.23. The molecule has 0 spiro atoms. The molecule has 5 nitrogen and oxygen atoms in total. The third-order valence-electron chi connectivity index (χ3n) is 2.41. The summed E-state index contributed by atoms with van der Waals surface area (Å²) < 4.78 is 10.8. The van der Waals surface area contributed by atoms with E-state index >= 15 is 0 Å². The second kappa shape index (κ2) is 4.76. The molecule has 0 saturated carbocycles. The highest BCUT2D eigenvalue weighted by Crippen LogP contribution is 2.35. The molecule has 1 aromatic rings. The largest absolute Gasteiger partial charge is 0.490 e. The highest BCUT2D eigenvalue weighted by molar-refractivity contribution is 6.32. The SMILES string of the molecule is COc1c(Cl)cc(N)nc1O[C@H]1CCNC1. The second-order valence-electron chi connectivity index (χ2n) is 3.60. The lowest BCUT2D eigenvalue weighted by Crippen LogP contribution is -2.20. The van der Waals surface area contributed by atoms with Gasteiger partial charge in [-0.15, -0.1) is 0 Å². The van der Waals surface area contributed by atoms with Crippen LogP contribution in [-0.2, 0) is 0 Å². The number of anilines is 1. The molecule has 6 heteroatoms. The fourth-order valence-corrected chi connectivity index (χ4v) is 1.92. The minimum atomic E-state index is 0.0965. The fourth-order valence-electron chi connectivity index (χ4n) is 1.65. The second-order valence-corrected chi connectivity index (χ2v) is 4.01.